The molecule has 4 heteroatoms. The third-order valence-electron chi connectivity index (χ3n) is 2.66. The summed E-state index contributed by atoms with van der Waals surface area (Å²) in [5.41, 5.74) is 1.55. The van der Waals surface area contributed by atoms with E-state index in [1.165, 1.54) is 6.07 Å². The van der Waals surface area contributed by atoms with Crippen molar-refractivity contribution in [2.24, 2.45) is 0 Å². The van der Waals surface area contributed by atoms with Gasteiger partial charge in [0.15, 0.2) is 0 Å². The summed E-state index contributed by atoms with van der Waals surface area (Å²) in [6, 6.07) is 10.5. The normalized spacial score (nSPS) is 10.4. The highest BCUT2D eigenvalue weighted by Gasteiger charge is 2.04. The molecule has 0 unspecified atom stereocenters. The molecule has 0 N–H and O–H groups in total. The summed E-state index contributed by atoms with van der Waals surface area (Å²) in [6.07, 6.45) is 6.68. The topological polar surface area (TPSA) is 48.0 Å². The van der Waals surface area contributed by atoms with E-state index in [-0.39, 0.29) is 5.56 Å². The first-order valence-corrected chi connectivity index (χ1v) is 5.51. The second kappa shape index (κ2) is 4.33. The number of aromatic nitrogens is 2. The zero-order valence-electron chi connectivity index (χ0n) is 9.48. The number of rotatable bonds is 2. The molecule has 0 saturated heterocycles. The van der Waals surface area contributed by atoms with E-state index in [9.17, 15) is 4.79 Å². The Morgan fingerprint density at radius 3 is 2.61 bits per heavy atom. The lowest BCUT2D eigenvalue weighted by Crippen LogP contribution is -2.16. The van der Waals surface area contributed by atoms with Gasteiger partial charge in [-0.25, -0.2) is 0 Å². The van der Waals surface area contributed by atoms with E-state index < -0.39 is 0 Å². The van der Waals surface area contributed by atoms with E-state index >= 15 is 0 Å². The van der Waals surface area contributed by atoms with Crippen LogP contribution in [-0.2, 0) is 0 Å². The van der Waals surface area contributed by atoms with Gasteiger partial charge in [0.25, 0.3) is 5.56 Å². The Hall–Kier alpha value is -2.62. The molecule has 0 aliphatic carbocycles. The number of furan rings is 1. The van der Waals surface area contributed by atoms with E-state index in [1.807, 2.05) is 12.1 Å². The van der Waals surface area contributed by atoms with E-state index in [4.69, 9.17) is 4.42 Å². The molecule has 0 spiro atoms. The molecule has 0 aliphatic rings. The fourth-order valence-electron chi connectivity index (χ4n) is 1.78. The van der Waals surface area contributed by atoms with Crippen LogP contribution in [0, 0.1) is 0 Å². The molecule has 0 saturated carbocycles. The molecule has 3 heterocycles. The van der Waals surface area contributed by atoms with Crippen LogP contribution in [0.1, 0.15) is 0 Å². The van der Waals surface area contributed by atoms with Gasteiger partial charge in [0, 0.05) is 30.2 Å². The van der Waals surface area contributed by atoms with Crippen molar-refractivity contribution in [2.45, 2.75) is 0 Å². The van der Waals surface area contributed by atoms with Crippen molar-refractivity contribution in [1.82, 2.24) is 9.55 Å². The predicted octanol–water partition coefficient (Wildman–Crippen LogP) is 2.49. The molecular formula is C14H10N2O2. The maximum Gasteiger partial charge on any atom is 0.255 e. The van der Waals surface area contributed by atoms with Crippen LogP contribution in [0.4, 0.5) is 0 Å². The van der Waals surface area contributed by atoms with Crippen molar-refractivity contribution in [3.05, 3.63) is 71.6 Å². The molecule has 0 aliphatic heterocycles. The second-order valence-corrected chi connectivity index (χ2v) is 3.81. The summed E-state index contributed by atoms with van der Waals surface area (Å²) in [5.74, 6) is 0.734. The minimum Gasteiger partial charge on any atom is -0.464 e. The van der Waals surface area contributed by atoms with Gasteiger partial charge < -0.3 is 4.42 Å². The first-order chi connectivity index (χ1) is 8.84. The van der Waals surface area contributed by atoms with Crippen LogP contribution in [0.3, 0.4) is 0 Å². The Kier molecular flexibility index (Phi) is 2.53. The van der Waals surface area contributed by atoms with E-state index in [0.717, 1.165) is 17.0 Å². The Morgan fingerprint density at radius 2 is 1.89 bits per heavy atom. The largest absolute Gasteiger partial charge is 0.464 e. The molecule has 88 valence electrons. The summed E-state index contributed by atoms with van der Waals surface area (Å²) >= 11 is 0. The van der Waals surface area contributed by atoms with Crippen LogP contribution in [0.25, 0.3) is 17.0 Å². The van der Waals surface area contributed by atoms with Crippen molar-refractivity contribution in [2.75, 3.05) is 0 Å². The van der Waals surface area contributed by atoms with Crippen LogP contribution in [0.15, 0.2) is 70.5 Å². The van der Waals surface area contributed by atoms with Gasteiger partial charge >= 0.3 is 0 Å². The molecule has 18 heavy (non-hydrogen) atoms. The summed E-state index contributed by atoms with van der Waals surface area (Å²) < 4.78 is 6.89. The van der Waals surface area contributed by atoms with Gasteiger partial charge in [0.05, 0.1) is 12.0 Å². The van der Waals surface area contributed by atoms with Crippen molar-refractivity contribution < 1.29 is 4.42 Å². The first kappa shape index (κ1) is 10.5. The lowest BCUT2D eigenvalue weighted by molar-refractivity contribution is 0.581. The molecule has 0 fully saturated rings. The van der Waals surface area contributed by atoms with Gasteiger partial charge in [-0.05, 0) is 30.3 Å². The van der Waals surface area contributed by atoms with E-state index in [2.05, 4.69) is 4.98 Å². The summed E-state index contributed by atoms with van der Waals surface area (Å²) in [7, 11) is 0. The zero-order chi connectivity index (χ0) is 12.4. The molecule has 3 rings (SSSR count). The van der Waals surface area contributed by atoms with Gasteiger partial charge in [0.2, 0.25) is 0 Å². The SMILES string of the molecule is O=c1ccc(-c2ccco2)cn1-c1ccncc1. The molecule has 0 atom stereocenters. The van der Waals surface area contributed by atoms with Gasteiger partial charge in [0.1, 0.15) is 5.76 Å². The lowest BCUT2D eigenvalue weighted by atomic mass is 10.2. The smallest absolute Gasteiger partial charge is 0.255 e. The van der Waals surface area contributed by atoms with Crippen molar-refractivity contribution >= 4 is 0 Å². The number of nitrogens with zero attached hydrogens (tertiary/aromatic N) is 2. The fraction of sp³-hybridized carbons (Fsp3) is 0. The maximum absolute atomic E-state index is 11.9. The minimum atomic E-state index is -0.0866. The highest BCUT2D eigenvalue weighted by atomic mass is 16.3. The zero-order valence-corrected chi connectivity index (χ0v) is 9.48. The van der Waals surface area contributed by atoms with Gasteiger partial charge in [-0.15, -0.1) is 0 Å². The molecule has 3 aromatic heterocycles. The molecule has 0 amide bonds. The molecule has 0 aromatic carbocycles. The lowest BCUT2D eigenvalue weighted by Gasteiger charge is -2.06. The molecule has 0 radical (unpaired) electrons. The summed E-state index contributed by atoms with van der Waals surface area (Å²) in [6.45, 7) is 0. The Bertz CT molecular complexity index is 700. The number of hydrogen-bond acceptors (Lipinski definition) is 3. The average Bonchev–Trinajstić information content (AvgIpc) is 2.94. The fourth-order valence-corrected chi connectivity index (χ4v) is 1.78. The molecule has 4 nitrogen and oxygen atoms in total. The predicted molar refractivity (Wildman–Crippen MR) is 67.5 cm³/mol. The number of pyridine rings is 2. The highest BCUT2D eigenvalue weighted by molar-refractivity contribution is 5.56. The Morgan fingerprint density at radius 1 is 1.06 bits per heavy atom. The number of hydrogen-bond donors (Lipinski definition) is 0. The van der Waals surface area contributed by atoms with E-state index in [0.29, 0.717) is 0 Å². The highest BCUT2D eigenvalue weighted by Crippen LogP contribution is 2.18. The van der Waals surface area contributed by atoms with Crippen LogP contribution < -0.4 is 5.56 Å². The van der Waals surface area contributed by atoms with Crippen molar-refractivity contribution in [3.63, 3.8) is 0 Å². The molecular weight excluding hydrogens is 228 g/mol. The average molecular weight is 238 g/mol. The van der Waals surface area contributed by atoms with Gasteiger partial charge in [-0.1, -0.05) is 0 Å². The van der Waals surface area contributed by atoms with E-state index in [1.54, 1.807) is 47.6 Å². The summed E-state index contributed by atoms with van der Waals surface area (Å²) in [5, 5.41) is 0. The third-order valence-corrected chi connectivity index (χ3v) is 2.66. The standard InChI is InChI=1S/C14H10N2O2/c17-14-4-3-11(13-2-1-9-18-13)10-16(14)12-5-7-15-8-6-12/h1-10H. The molecule has 3 aromatic rings. The maximum atomic E-state index is 11.9. The minimum absolute atomic E-state index is 0.0866. The molecule has 0 bridgehead atoms. The quantitative estimate of drug-likeness (QED) is 0.689. The van der Waals surface area contributed by atoms with Crippen LogP contribution in [0.5, 0.6) is 0 Å². The Labute approximate surface area is 103 Å². The third kappa shape index (κ3) is 1.84. The second-order valence-electron chi connectivity index (χ2n) is 3.81. The Balaban J connectivity index is 2.16. The van der Waals surface area contributed by atoms with Crippen molar-refractivity contribution in [3.8, 4) is 17.0 Å². The van der Waals surface area contributed by atoms with Gasteiger partial charge in [-0.3, -0.25) is 14.3 Å². The van der Waals surface area contributed by atoms with Crippen LogP contribution in [-0.4, -0.2) is 9.55 Å². The van der Waals surface area contributed by atoms with Crippen LogP contribution >= 0.6 is 0 Å². The monoisotopic (exact) mass is 238 g/mol. The van der Waals surface area contributed by atoms with Gasteiger partial charge in [-0.2, -0.15) is 0 Å². The van der Waals surface area contributed by atoms with Crippen molar-refractivity contribution in [1.29, 1.82) is 0 Å². The van der Waals surface area contributed by atoms with Crippen LogP contribution in [0.2, 0.25) is 0 Å². The first-order valence-electron chi connectivity index (χ1n) is 5.51. The summed E-state index contributed by atoms with van der Waals surface area (Å²) in [4.78, 5) is 15.8.